The molecule has 0 radical (unpaired) electrons. The van der Waals surface area contributed by atoms with Crippen LogP contribution < -0.4 is 0 Å². The van der Waals surface area contributed by atoms with Gasteiger partial charge in [-0.15, -0.1) is 0 Å². The first-order valence-electron chi connectivity index (χ1n) is 10.2. The minimum Gasteiger partial charge on any atom is -0.454 e. The fraction of sp³-hybridized carbons (Fsp3) is 0.435. The van der Waals surface area contributed by atoms with Gasteiger partial charge in [-0.25, -0.2) is 4.79 Å². The van der Waals surface area contributed by atoms with E-state index in [1.54, 1.807) is 0 Å². The van der Waals surface area contributed by atoms with Gasteiger partial charge in [0, 0.05) is 29.9 Å². The van der Waals surface area contributed by atoms with Crippen molar-refractivity contribution in [3.63, 3.8) is 0 Å². The van der Waals surface area contributed by atoms with Gasteiger partial charge in [0.25, 0.3) is 5.69 Å². The van der Waals surface area contributed by atoms with Gasteiger partial charge in [-0.1, -0.05) is 24.3 Å². The van der Waals surface area contributed by atoms with E-state index in [1.165, 1.54) is 48.2 Å². The SMILES string of the molecule is O=C(O[C@]12[C@H]3CC[C@@H](C3)[C@@H]1[C@H]1C[C@H]2c2ccccc21)c1ccc([N+](=O)[O-])cc1. The van der Waals surface area contributed by atoms with Gasteiger partial charge in [0.1, 0.15) is 5.60 Å². The third kappa shape index (κ3) is 1.89. The van der Waals surface area contributed by atoms with Crippen molar-refractivity contribution in [1.29, 1.82) is 0 Å². The Labute approximate surface area is 162 Å². The monoisotopic (exact) mass is 375 g/mol. The van der Waals surface area contributed by atoms with Crippen molar-refractivity contribution in [2.75, 3.05) is 0 Å². The van der Waals surface area contributed by atoms with Crippen LogP contribution in [0.3, 0.4) is 0 Å². The topological polar surface area (TPSA) is 69.4 Å². The summed E-state index contributed by atoms with van der Waals surface area (Å²) < 4.78 is 6.43. The standard InChI is InChI=1S/C23H21NO4/c25-22(13-6-9-16(10-7-13)24(26)27)28-23-15-8-5-14(11-15)21(23)19-12-20(23)18-4-2-1-3-17(18)19/h1-4,6-7,9-10,14-15,19-21H,5,8,11-12H2/t14-,15-,19-,20-,21+,23-/m0/s1. The van der Waals surface area contributed by atoms with Crippen molar-refractivity contribution in [3.8, 4) is 0 Å². The Hall–Kier alpha value is -2.69. The summed E-state index contributed by atoms with van der Waals surface area (Å²) >= 11 is 0. The molecule has 0 saturated heterocycles. The maximum atomic E-state index is 13.1. The van der Waals surface area contributed by atoms with Crippen LogP contribution in [-0.4, -0.2) is 16.5 Å². The molecule has 3 saturated carbocycles. The van der Waals surface area contributed by atoms with E-state index in [1.807, 2.05) is 0 Å². The van der Waals surface area contributed by atoms with E-state index in [0.717, 1.165) is 12.8 Å². The van der Waals surface area contributed by atoms with Gasteiger partial charge in [0.15, 0.2) is 0 Å². The number of benzene rings is 2. The Balaban J connectivity index is 1.38. The molecular formula is C23H21NO4. The number of carbonyl (C=O) groups excluding carboxylic acids is 1. The molecule has 2 aromatic carbocycles. The van der Waals surface area contributed by atoms with Crippen molar-refractivity contribution >= 4 is 11.7 Å². The first-order chi connectivity index (χ1) is 13.6. The summed E-state index contributed by atoms with van der Waals surface area (Å²) in [6.07, 6.45) is 4.64. The molecule has 6 rings (SSSR count). The lowest BCUT2D eigenvalue weighted by Gasteiger charge is -2.46. The first kappa shape index (κ1) is 16.3. The second kappa shape index (κ2) is 5.43. The molecule has 4 aliphatic carbocycles. The summed E-state index contributed by atoms with van der Waals surface area (Å²) in [6.45, 7) is 0. The summed E-state index contributed by atoms with van der Waals surface area (Å²) in [6, 6.07) is 14.5. The number of nitrogens with zero attached hydrogens (tertiary/aromatic N) is 1. The number of nitro groups is 1. The summed E-state index contributed by atoms with van der Waals surface area (Å²) in [5, 5.41) is 10.9. The van der Waals surface area contributed by atoms with Gasteiger partial charge in [0.2, 0.25) is 0 Å². The molecule has 4 aliphatic rings. The predicted molar refractivity (Wildman–Crippen MR) is 102 cm³/mol. The minimum absolute atomic E-state index is 0.0126. The van der Waals surface area contributed by atoms with E-state index in [2.05, 4.69) is 24.3 Å². The van der Waals surface area contributed by atoms with Crippen LogP contribution in [0.25, 0.3) is 0 Å². The van der Waals surface area contributed by atoms with Crippen molar-refractivity contribution in [2.45, 2.75) is 43.1 Å². The van der Waals surface area contributed by atoms with Crippen molar-refractivity contribution in [1.82, 2.24) is 0 Å². The number of non-ortho nitro benzene ring substituents is 1. The molecule has 4 bridgehead atoms. The Kier molecular flexibility index (Phi) is 3.16. The number of ether oxygens (including phenoxy) is 1. The lowest BCUT2D eigenvalue weighted by molar-refractivity contribution is -0.384. The Morgan fingerprint density at radius 3 is 2.54 bits per heavy atom. The number of esters is 1. The zero-order valence-electron chi connectivity index (χ0n) is 15.4. The zero-order valence-corrected chi connectivity index (χ0v) is 15.4. The van der Waals surface area contributed by atoms with Crippen LogP contribution in [0.1, 0.15) is 59.0 Å². The van der Waals surface area contributed by atoms with Crippen molar-refractivity contribution in [2.24, 2.45) is 17.8 Å². The lowest BCUT2D eigenvalue weighted by atomic mass is 9.65. The fourth-order valence-electron chi connectivity index (χ4n) is 7.16. The second-order valence-corrected chi connectivity index (χ2v) is 8.87. The average Bonchev–Trinajstić information content (AvgIpc) is 3.46. The molecule has 0 amide bonds. The molecule has 5 nitrogen and oxygen atoms in total. The highest BCUT2D eigenvalue weighted by Crippen LogP contribution is 2.74. The molecule has 3 fully saturated rings. The molecule has 0 aromatic heterocycles. The average molecular weight is 375 g/mol. The fourth-order valence-corrected chi connectivity index (χ4v) is 7.16. The summed E-state index contributed by atoms with van der Waals surface area (Å²) in [4.78, 5) is 23.5. The quantitative estimate of drug-likeness (QED) is 0.334. The normalized spacial score (nSPS) is 36.2. The number of nitro benzene ring substituents is 1. The molecule has 2 aromatic rings. The third-order valence-electron chi connectivity index (χ3n) is 7.96. The van der Waals surface area contributed by atoms with Crippen LogP contribution in [0, 0.1) is 27.9 Å². The molecule has 0 unspecified atom stereocenters. The molecular weight excluding hydrogens is 354 g/mol. The predicted octanol–water partition coefficient (Wildman–Crippen LogP) is 4.82. The Morgan fingerprint density at radius 1 is 1.04 bits per heavy atom. The van der Waals surface area contributed by atoms with Crippen LogP contribution in [0.4, 0.5) is 5.69 Å². The zero-order chi connectivity index (χ0) is 19.0. The van der Waals surface area contributed by atoms with Gasteiger partial charge in [-0.3, -0.25) is 10.1 Å². The molecule has 5 heteroatoms. The molecule has 0 N–H and O–H groups in total. The van der Waals surface area contributed by atoms with E-state index >= 15 is 0 Å². The highest BCUT2D eigenvalue weighted by Gasteiger charge is 2.72. The van der Waals surface area contributed by atoms with E-state index < -0.39 is 4.92 Å². The molecule has 142 valence electrons. The minimum atomic E-state index is -0.452. The molecule has 0 heterocycles. The molecule has 28 heavy (non-hydrogen) atoms. The van der Waals surface area contributed by atoms with Gasteiger partial charge in [0.05, 0.1) is 10.5 Å². The molecule has 0 aliphatic heterocycles. The van der Waals surface area contributed by atoms with Gasteiger partial charge in [-0.05, 0) is 60.8 Å². The van der Waals surface area contributed by atoms with Crippen LogP contribution in [-0.2, 0) is 4.74 Å². The molecule has 6 atom stereocenters. The summed E-state index contributed by atoms with van der Waals surface area (Å²) in [7, 11) is 0. The maximum Gasteiger partial charge on any atom is 0.338 e. The van der Waals surface area contributed by atoms with E-state index in [4.69, 9.17) is 4.74 Å². The number of rotatable bonds is 3. The van der Waals surface area contributed by atoms with Crippen molar-refractivity contribution < 1.29 is 14.5 Å². The smallest absolute Gasteiger partial charge is 0.338 e. The van der Waals surface area contributed by atoms with Crippen LogP contribution in [0.15, 0.2) is 48.5 Å². The second-order valence-electron chi connectivity index (χ2n) is 8.87. The third-order valence-corrected chi connectivity index (χ3v) is 7.96. The number of hydrogen-bond acceptors (Lipinski definition) is 4. The van der Waals surface area contributed by atoms with E-state index in [-0.39, 0.29) is 23.2 Å². The summed E-state index contributed by atoms with van der Waals surface area (Å²) in [5.41, 5.74) is 2.83. The number of fused-ring (bicyclic) bond motifs is 12. The number of carbonyl (C=O) groups is 1. The summed E-state index contributed by atoms with van der Waals surface area (Å²) in [5.74, 6) is 1.97. The van der Waals surface area contributed by atoms with Gasteiger partial charge in [-0.2, -0.15) is 0 Å². The van der Waals surface area contributed by atoms with E-state index in [9.17, 15) is 14.9 Å². The van der Waals surface area contributed by atoms with Crippen molar-refractivity contribution in [3.05, 3.63) is 75.3 Å². The molecule has 0 spiro atoms. The lowest BCUT2D eigenvalue weighted by Crippen LogP contribution is -2.50. The van der Waals surface area contributed by atoms with Crippen LogP contribution in [0.5, 0.6) is 0 Å². The Bertz CT molecular complexity index is 1000. The van der Waals surface area contributed by atoms with Gasteiger partial charge < -0.3 is 4.74 Å². The van der Waals surface area contributed by atoms with E-state index in [0.29, 0.717) is 29.2 Å². The van der Waals surface area contributed by atoms with Gasteiger partial charge >= 0.3 is 5.97 Å². The first-order valence-corrected chi connectivity index (χ1v) is 10.2. The highest BCUT2D eigenvalue weighted by molar-refractivity contribution is 5.90. The highest BCUT2D eigenvalue weighted by atomic mass is 16.6. The Morgan fingerprint density at radius 2 is 1.79 bits per heavy atom. The number of hydrogen-bond donors (Lipinski definition) is 0. The largest absolute Gasteiger partial charge is 0.454 e. The maximum absolute atomic E-state index is 13.1. The van der Waals surface area contributed by atoms with Crippen LogP contribution in [0.2, 0.25) is 0 Å². The van der Waals surface area contributed by atoms with Crippen LogP contribution >= 0.6 is 0 Å².